The molecule has 2 rings (SSSR count). The largest absolute Gasteiger partial charge is 0.395 e. The summed E-state index contributed by atoms with van der Waals surface area (Å²) in [5.74, 6) is 5.57. The van der Waals surface area contributed by atoms with Crippen molar-refractivity contribution in [3.05, 3.63) is 29.8 Å². The lowest BCUT2D eigenvalue weighted by atomic mass is 10.2. The molecule has 21 heavy (non-hydrogen) atoms. The van der Waals surface area contributed by atoms with E-state index >= 15 is 0 Å². The quantitative estimate of drug-likeness (QED) is 0.817. The summed E-state index contributed by atoms with van der Waals surface area (Å²) in [6.07, 6.45) is 3.47. The molecule has 0 atom stereocenters. The summed E-state index contributed by atoms with van der Waals surface area (Å²) in [4.78, 5) is 2.81. The van der Waals surface area contributed by atoms with Gasteiger partial charge in [-0.25, -0.2) is 13.4 Å². The summed E-state index contributed by atoms with van der Waals surface area (Å²) in [6, 6.07) is 6.66. The van der Waals surface area contributed by atoms with Crippen molar-refractivity contribution in [2.45, 2.75) is 30.6 Å². The first-order valence-electron chi connectivity index (χ1n) is 7.09. The van der Waals surface area contributed by atoms with Crippen molar-refractivity contribution in [2.75, 3.05) is 19.7 Å². The number of piperidine rings is 1. The fourth-order valence-electron chi connectivity index (χ4n) is 2.22. The van der Waals surface area contributed by atoms with Gasteiger partial charge in [-0.1, -0.05) is 30.4 Å². The second-order valence-corrected chi connectivity index (χ2v) is 6.54. The zero-order valence-electron chi connectivity index (χ0n) is 11.9. The van der Waals surface area contributed by atoms with Gasteiger partial charge in [-0.3, -0.25) is 0 Å². The van der Waals surface area contributed by atoms with Crippen LogP contribution < -0.4 is 4.83 Å². The van der Waals surface area contributed by atoms with E-state index in [1.165, 1.54) is 0 Å². The Bertz CT molecular complexity index is 626. The molecule has 0 bridgehead atoms. The van der Waals surface area contributed by atoms with Gasteiger partial charge < -0.3 is 5.11 Å². The van der Waals surface area contributed by atoms with Gasteiger partial charge in [0.1, 0.15) is 0 Å². The van der Waals surface area contributed by atoms with E-state index in [-0.39, 0.29) is 11.5 Å². The maximum atomic E-state index is 12.5. The fourth-order valence-corrected chi connectivity index (χ4v) is 3.51. The van der Waals surface area contributed by atoms with Gasteiger partial charge >= 0.3 is 0 Å². The van der Waals surface area contributed by atoms with Crippen LogP contribution in [0.15, 0.2) is 29.2 Å². The number of hydrogen-bond donors (Lipinski definition) is 2. The Morgan fingerprint density at radius 3 is 2.62 bits per heavy atom. The Morgan fingerprint density at radius 1 is 1.19 bits per heavy atom. The zero-order chi connectivity index (χ0) is 15.1. The van der Waals surface area contributed by atoms with E-state index in [0.717, 1.165) is 32.4 Å². The lowest BCUT2D eigenvalue weighted by Gasteiger charge is -2.26. The molecule has 1 heterocycles. The average Bonchev–Trinajstić information content (AvgIpc) is 2.48. The zero-order valence-corrected chi connectivity index (χ0v) is 12.7. The molecule has 1 fully saturated rings. The molecule has 6 heteroatoms. The molecule has 0 radical (unpaired) electrons. The van der Waals surface area contributed by atoms with Crippen molar-refractivity contribution in [2.24, 2.45) is 0 Å². The van der Waals surface area contributed by atoms with Crippen LogP contribution in [0.5, 0.6) is 0 Å². The number of nitrogens with zero attached hydrogens (tertiary/aromatic N) is 1. The van der Waals surface area contributed by atoms with Crippen LogP contribution in [-0.2, 0) is 10.0 Å². The molecule has 2 N–H and O–H groups in total. The number of aliphatic hydroxyl groups excluding tert-OH is 1. The van der Waals surface area contributed by atoms with Crippen LogP contribution in [0.4, 0.5) is 0 Å². The molecule has 114 valence electrons. The number of benzene rings is 1. The maximum absolute atomic E-state index is 12.5. The minimum Gasteiger partial charge on any atom is -0.395 e. The van der Waals surface area contributed by atoms with Crippen LogP contribution in [-0.4, -0.2) is 38.2 Å². The standard InChI is InChI=1S/C15H20N2O3S/c18-13-7-4-9-14-8-2-3-10-15(14)21(19,20)16-17-11-5-1-6-12-17/h2-3,8,10,16,18H,1,5-7,11-13H2. The van der Waals surface area contributed by atoms with Crippen molar-refractivity contribution in [3.63, 3.8) is 0 Å². The van der Waals surface area contributed by atoms with Crippen molar-refractivity contribution in [1.82, 2.24) is 9.84 Å². The first-order chi connectivity index (χ1) is 10.1. The number of rotatable bonds is 4. The van der Waals surface area contributed by atoms with E-state index in [9.17, 15) is 8.42 Å². The highest BCUT2D eigenvalue weighted by Gasteiger charge is 2.21. The molecule has 1 saturated heterocycles. The minimum absolute atomic E-state index is 0.0338. The van der Waals surface area contributed by atoms with Crippen LogP contribution in [0.3, 0.4) is 0 Å². The minimum atomic E-state index is -3.62. The van der Waals surface area contributed by atoms with E-state index in [1.807, 2.05) is 0 Å². The van der Waals surface area contributed by atoms with Crippen molar-refractivity contribution in [3.8, 4) is 11.8 Å². The average molecular weight is 308 g/mol. The number of hydrogen-bond acceptors (Lipinski definition) is 4. The lowest BCUT2D eigenvalue weighted by molar-refractivity contribution is 0.200. The summed E-state index contributed by atoms with van der Waals surface area (Å²) in [7, 11) is -3.62. The Hall–Kier alpha value is -1.39. The van der Waals surface area contributed by atoms with E-state index in [1.54, 1.807) is 29.3 Å². The number of sulfonamides is 1. The first-order valence-corrected chi connectivity index (χ1v) is 8.58. The number of nitrogens with one attached hydrogen (secondary N) is 1. The van der Waals surface area contributed by atoms with Gasteiger partial charge in [0.25, 0.3) is 10.0 Å². The van der Waals surface area contributed by atoms with Crippen LogP contribution in [0, 0.1) is 11.8 Å². The lowest BCUT2D eigenvalue weighted by Crippen LogP contribution is -2.45. The van der Waals surface area contributed by atoms with E-state index < -0.39 is 10.0 Å². The molecular formula is C15H20N2O3S. The van der Waals surface area contributed by atoms with Crippen LogP contribution in [0.2, 0.25) is 0 Å². The van der Waals surface area contributed by atoms with Gasteiger partial charge in [-0.05, 0) is 25.0 Å². The second-order valence-electron chi connectivity index (χ2n) is 4.91. The topological polar surface area (TPSA) is 69.6 Å². The first kappa shape index (κ1) is 16.0. The Balaban J connectivity index is 2.21. The summed E-state index contributed by atoms with van der Waals surface area (Å²) in [5.41, 5.74) is 0.454. The maximum Gasteiger partial charge on any atom is 0.254 e. The molecule has 0 saturated carbocycles. The third-order valence-electron chi connectivity index (χ3n) is 3.24. The normalized spacial score (nSPS) is 16.2. The smallest absolute Gasteiger partial charge is 0.254 e. The molecule has 1 aliphatic rings. The summed E-state index contributed by atoms with van der Waals surface area (Å²) in [5, 5.41) is 10.5. The number of aliphatic hydroxyl groups is 1. The van der Waals surface area contributed by atoms with Crippen LogP contribution in [0.1, 0.15) is 31.2 Å². The van der Waals surface area contributed by atoms with E-state index in [2.05, 4.69) is 16.7 Å². The van der Waals surface area contributed by atoms with Crippen LogP contribution >= 0.6 is 0 Å². The highest BCUT2D eigenvalue weighted by Crippen LogP contribution is 2.16. The fraction of sp³-hybridized carbons (Fsp3) is 0.467. The Kier molecular flexibility index (Phi) is 5.76. The van der Waals surface area contributed by atoms with E-state index in [0.29, 0.717) is 12.0 Å². The van der Waals surface area contributed by atoms with Gasteiger partial charge in [0.15, 0.2) is 0 Å². The summed E-state index contributed by atoms with van der Waals surface area (Å²) >= 11 is 0. The van der Waals surface area contributed by atoms with Crippen molar-refractivity contribution in [1.29, 1.82) is 0 Å². The Labute approximate surface area is 126 Å². The van der Waals surface area contributed by atoms with Gasteiger partial charge in [-0.15, -0.1) is 4.83 Å². The van der Waals surface area contributed by atoms with Gasteiger partial charge in [0, 0.05) is 25.1 Å². The summed E-state index contributed by atoms with van der Waals surface area (Å²) < 4.78 is 25.0. The molecule has 1 aliphatic heterocycles. The van der Waals surface area contributed by atoms with Crippen LogP contribution in [0.25, 0.3) is 0 Å². The molecule has 0 aliphatic carbocycles. The van der Waals surface area contributed by atoms with E-state index in [4.69, 9.17) is 5.11 Å². The third kappa shape index (κ3) is 4.55. The monoisotopic (exact) mass is 308 g/mol. The highest BCUT2D eigenvalue weighted by molar-refractivity contribution is 7.89. The number of hydrazine groups is 1. The van der Waals surface area contributed by atoms with Crippen molar-refractivity contribution < 1.29 is 13.5 Å². The molecule has 5 nitrogen and oxygen atoms in total. The Morgan fingerprint density at radius 2 is 1.90 bits per heavy atom. The van der Waals surface area contributed by atoms with Crippen molar-refractivity contribution >= 4 is 10.0 Å². The molecule has 0 spiro atoms. The second kappa shape index (κ2) is 7.57. The van der Waals surface area contributed by atoms with Gasteiger partial charge in [0.2, 0.25) is 0 Å². The molecule has 0 amide bonds. The molecule has 1 aromatic carbocycles. The SMILES string of the molecule is O=S(=O)(NN1CCCCC1)c1ccccc1C#CCCO. The summed E-state index contributed by atoms with van der Waals surface area (Å²) in [6.45, 7) is 1.43. The predicted octanol–water partition coefficient (Wildman–Crippen LogP) is 1.10. The molecule has 1 aromatic rings. The van der Waals surface area contributed by atoms with Gasteiger partial charge in [0.05, 0.1) is 11.5 Å². The molecular weight excluding hydrogens is 288 g/mol. The molecule has 0 unspecified atom stereocenters. The predicted molar refractivity (Wildman–Crippen MR) is 80.8 cm³/mol. The molecule has 0 aromatic heterocycles. The highest BCUT2D eigenvalue weighted by atomic mass is 32.2. The third-order valence-corrected chi connectivity index (χ3v) is 4.68. The van der Waals surface area contributed by atoms with Gasteiger partial charge in [-0.2, -0.15) is 0 Å².